The molecule has 0 atom stereocenters. The van der Waals surface area contributed by atoms with E-state index in [0.717, 1.165) is 0 Å². The number of nitrogens with one attached hydrogen (secondary N) is 1. The average molecular weight is 428 g/mol. The highest BCUT2D eigenvalue weighted by Gasteiger charge is 2.28. The van der Waals surface area contributed by atoms with E-state index in [1.54, 1.807) is 0 Å². The fraction of sp³-hybridized carbons (Fsp3) is 0.333. The number of anilines is 1. The molecule has 1 heterocycles. The number of carbonyl (C=O) groups excluding carboxylic acids is 2. The van der Waals surface area contributed by atoms with Gasteiger partial charge in [0.15, 0.2) is 0 Å². The summed E-state index contributed by atoms with van der Waals surface area (Å²) < 4.78 is 32.0. The molecule has 10 heteroatoms. The largest absolute Gasteiger partial charge is 0.379 e. The second-order valence-electron chi connectivity index (χ2n) is 5.90. The fourth-order valence-corrected chi connectivity index (χ4v) is 4.17. The summed E-state index contributed by atoms with van der Waals surface area (Å²) in [5.41, 5.74) is 0.0338. The van der Waals surface area contributed by atoms with E-state index in [4.69, 9.17) is 16.3 Å². The summed E-state index contributed by atoms with van der Waals surface area (Å²) in [4.78, 5) is 25.8. The second kappa shape index (κ2) is 9.83. The molecule has 2 amide bonds. The zero-order valence-corrected chi connectivity index (χ0v) is 16.8. The number of ether oxygens (including phenoxy) is 1. The van der Waals surface area contributed by atoms with Crippen LogP contribution in [0.5, 0.6) is 0 Å². The van der Waals surface area contributed by atoms with Crippen LogP contribution < -0.4 is 5.32 Å². The van der Waals surface area contributed by atoms with Crippen molar-refractivity contribution in [1.82, 2.24) is 9.21 Å². The van der Waals surface area contributed by atoms with Crippen LogP contribution >= 0.6 is 11.6 Å². The molecule has 1 aromatic rings. The summed E-state index contributed by atoms with van der Waals surface area (Å²) in [5.74, 6) is -1.75. The van der Waals surface area contributed by atoms with E-state index in [-0.39, 0.29) is 41.8 Å². The lowest BCUT2D eigenvalue weighted by Gasteiger charge is -2.26. The van der Waals surface area contributed by atoms with Crippen LogP contribution in [0.15, 0.2) is 48.4 Å². The van der Waals surface area contributed by atoms with E-state index in [2.05, 4.69) is 18.5 Å². The number of hydrogen-bond donors (Lipinski definition) is 1. The summed E-state index contributed by atoms with van der Waals surface area (Å²) in [6, 6.07) is 3.95. The molecule has 0 saturated carbocycles. The van der Waals surface area contributed by atoms with Crippen molar-refractivity contribution in [3.05, 3.63) is 48.5 Å². The Balaban J connectivity index is 2.23. The Morgan fingerprint density at radius 3 is 2.39 bits per heavy atom. The quantitative estimate of drug-likeness (QED) is 0.525. The van der Waals surface area contributed by atoms with Crippen molar-refractivity contribution in [3.8, 4) is 0 Å². The first-order valence-corrected chi connectivity index (χ1v) is 10.3. The summed E-state index contributed by atoms with van der Waals surface area (Å²) >= 11 is 6.08. The van der Waals surface area contributed by atoms with Gasteiger partial charge in [0.1, 0.15) is 0 Å². The van der Waals surface area contributed by atoms with E-state index < -0.39 is 21.8 Å². The number of benzene rings is 1. The Hall–Kier alpha value is -2.20. The average Bonchev–Trinajstić information content (AvgIpc) is 2.69. The van der Waals surface area contributed by atoms with E-state index in [1.807, 2.05) is 0 Å². The Morgan fingerprint density at radius 2 is 1.82 bits per heavy atom. The molecule has 1 aliphatic rings. The van der Waals surface area contributed by atoms with Gasteiger partial charge in [-0.1, -0.05) is 23.8 Å². The third-order valence-corrected chi connectivity index (χ3v) is 6.20. The lowest BCUT2D eigenvalue weighted by atomic mass is 10.3. The van der Waals surface area contributed by atoms with Crippen molar-refractivity contribution >= 4 is 39.1 Å². The number of amides is 2. The normalized spacial score (nSPS) is 14.9. The van der Waals surface area contributed by atoms with Crippen LogP contribution in [0, 0.1) is 0 Å². The van der Waals surface area contributed by atoms with E-state index in [0.29, 0.717) is 13.2 Å². The van der Waals surface area contributed by atoms with Crippen LogP contribution in [0.3, 0.4) is 0 Å². The van der Waals surface area contributed by atoms with Crippen LogP contribution in [0.25, 0.3) is 0 Å². The zero-order chi connectivity index (χ0) is 20.7. The third kappa shape index (κ3) is 5.20. The lowest BCUT2D eigenvalue weighted by Crippen LogP contribution is -2.41. The van der Waals surface area contributed by atoms with Gasteiger partial charge in [-0.25, -0.2) is 8.42 Å². The molecule has 1 fully saturated rings. The first-order valence-electron chi connectivity index (χ1n) is 8.50. The number of carbonyl (C=O) groups is 2. The molecule has 0 unspecified atom stereocenters. The topological polar surface area (TPSA) is 96.0 Å². The maximum absolute atomic E-state index is 12.8. The smallest absolute Gasteiger partial charge is 0.313 e. The minimum absolute atomic E-state index is 0.0319. The Bertz CT molecular complexity index is 856. The molecule has 1 saturated heterocycles. The van der Waals surface area contributed by atoms with Crippen LogP contribution in [-0.4, -0.2) is 68.8 Å². The van der Waals surface area contributed by atoms with Crippen molar-refractivity contribution in [1.29, 1.82) is 0 Å². The van der Waals surface area contributed by atoms with E-state index >= 15 is 0 Å². The molecular weight excluding hydrogens is 406 g/mol. The third-order valence-electron chi connectivity index (χ3n) is 3.97. The molecule has 1 aromatic carbocycles. The summed E-state index contributed by atoms with van der Waals surface area (Å²) in [6.45, 7) is 8.52. The van der Waals surface area contributed by atoms with Gasteiger partial charge in [-0.2, -0.15) is 4.31 Å². The maximum Gasteiger partial charge on any atom is 0.313 e. The van der Waals surface area contributed by atoms with Gasteiger partial charge < -0.3 is 15.0 Å². The number of halogens is 1. The Kier molecular flexibility index (Phi) is 7.76. The van der Waals surface area contributed by atoms with E-state index in [1.165, 1.54) is 39.6 Å². The molecule has 28 heavy (non-hydrogen) atoms. The van der Waals surface area contributed by atoms with Crippen LogP contribution in [-0.2, 0) is 24.3 Å². The molecule has 1 N–H and O–H groups in total. The molecule has 0 aliphatic carbocycles. The molecular formula is C18H22ClN3O5S. The van der Waals surface area contributed by atoms with Crippen LogP contribution in [0.4, 0.5) is 5.69 Å². The van der Waals surface area contributed by atoms with Crippen LogP contribution in [0.1, 0.15) is 0 Å². The minimum Gasteiger partial charge on any atom is -0.379 e. The number of sulfonamides is 1. The molecule has 0 spiro atoms. The highest BCUT2D eigenvalue weighted by Crippen LogP contribution is 2.27. The number of nitrogens with zero attached hydrogens (tertiary/aromatic N) is 2. The molecule has 0 bridgehead atoms. The molecule has 0 aromatic heterocycles. The molecule has 0 radical (unpaired) electrons. The summed E-state index contributed by atoms with van der Waals surface area (Å²) in [6.07, 6.45) is 2.97. The van der Waals surface area contributed by atoms with Crippen molar-refractivity contribution in [2.45, 2.75) is 4.90 Å². The first-order chi connectivity index (χ1) is 13.3. The van der Waals surface area contributed by atoms with E-state index in [9.17, 15) is 18.0 Å². The van der Waals surface area contributed by atoms with Gasteiger partial charge in [0.25, 0.3) is 0 Å². The molecule has 1 aliphatic heterocycles. The van der Waals surface area contributed by atoms with Crippen molar-refractivity contribution in [2.24, 2.45) is 0 Å². The highest BCUT2D eigenvalue weighted by molar-refractivity contribution is 7.89. The van der Waals surface area contributed by atoms with Gasteiger partial charge in [0.2, 0.25) is 10.0 Å². The first kappa shape index (κ1) is 22.1. The molecule has 152 valence electrons. The van der Waals surface area contributed by atoms with Gasteiger partial charge in [0, 0.05) is 26.2 Å². The summed E-state index contributed by atoms with van der Waals surface area (Å²) in [7, 11) is -3.77. The Labute approximate surface area is 169 Å². The number of morpholine rings is 1. The highest BCUT2D eigenvalue weighted by atomic mass is 35.5. The van der Waals surface area contributed by atoms with Crippen molar-refractivity contribution in [3.63, 3.8) is 0 Å². The fourth-order valence-electron chi connectivity index (χ4n) is 2.57. The van der Waals surface area contributed by atoms with Crippen molar-refractivity contribution < 1.29 is 22.7 Å². The number of hydrogen-bond acceptors (Lipinski definition) is 5. The number of rotatable bonds is 7. The minimum atomic E-state index is -3.77. The predicted octanol–water partition coefficient (Wildman–Crippen LogP) is 1.50. The van der Waals surface area contributed by atoms with Gasteiger partial charge >= 0.3 is 11.8 Å². The standard InChI is InChI=1S/C18H22ClN3O5S/c1-3-7-21(8-4-2)18(24)17(23)20-16-13-14(5-6-15(16)19)28(25,26)22-9-11-27-12-10-22/h3-6,13H,1-2,7-12H2,(H,20,23). The van der Waals surface area contributed by atoms with Gasteiger partial charge in [-0.3, -0.25) is 9.59 Å². The van der Waals surface area contributed by atoms with Gasteiger partial charge in [0.05, 0.1) is 28.8 Å². The molecule has 2 rings (SSSR count). The Morgan fingerprint density at radius 1 is 1.21 bits per heavy atom. The van der Waals surface area contributed by atoms with Gasteiger partial charge in [-0.05, 0) is 18.2 Å². The predicted molar refractivity (Wildman–Crippen MR) is 107 cm³/mol. The SMILES string of the molecule is C=CCN(CC=C)C(=O)C(=O)Nc1cc(S(=O)(=O)N2CCOCC2)ccc1Cl. The van der Waals surface area contributed by atoms with Crippen LogP contribution in [0.2, 0.25) is 5.02 Å². The second-order valence-corrected chi connectivity index (χ2v) is 8.24. The zero-order valence-electron chi connectivity index (χ0n) is 15.3. The monoisotopic (exact) mass is 427 g/mol. The van der Waals surface area contributed by atoms with Crippen molar-refractivity contribution in [2.75, 3.05) is 44.7 Å². The van der Waals surface area contributed by atoms with Gasteiger partial charge in [-0.15, -0.1) is 13.2 Å². The maximum atomic E-state index is 12.8. The lowest BCUT2D eigenvalue weighted by molar-refractivity contribution is -0.142. The molecule has 8 nitrogen and oxygen atoms in total. The summed E-state index contributed by atoms with van der Waals surface area (Å²) in [5, 5.41) is 2.50.